The van der Waals surface area contributed by atoms with Crippen molar-refractivity contribution in [3.63, 3.8) is 0 Å². The molecule has 0 spiro atoms. The predicted molar refractivity (Wildman–Crippen MR) is 126 cm³/mol. The third-order valence-electron chi connectivity index (χ3n) is 6.49. The Morgan fingerprint density at radius 1 is 1.00 bits per heavy atom. The zero-order valence-electron chi connectivity index (χ0n) is 19.1. The zero-order valence-corrected chi connectivity index (χ0v) is 19.1. The Morgan fingerprint density at radius 2 is 1.73 bits per heavy atom. The van der Waals surface area contributed by atoms with Gasteiger partial charge in [0, 0.05) is 25.8 Å². The van der Waals surface area contributed by atoms with Gasteiger partial charge in [-0.1, -0.05) is 30.3 Å². The number of guanidine groups is 1. The molecule has 8 nitrogen and oxygen atoms in total. The summed E-state index contributed by atoms with van der Waals surface area (Å²) >= 11 is 0. The average Bonchev–Trinajstić information content (AvgIpc) is 3.09. The van der Waals surface area contributed by atoms with E-state index < -0.39 is 12.2 Å². The maximum Gasteiger partial charge on any atom is 0.328 e. The summed E-state index contributed by atoms with van der Waals surface area (Å²) in [5.74, 6) is 1.41. The number of hydrogen-bond donors (Lipinski definition) is 0. The number of urea groups is 1. The summed E-state index contributed by atoms with van der Waals surface area (Å²) in [6.07, 6.45) is 1.44. The lowest BCUT2D eigenvalue weighted by molar-refractivity contribution is -0.138. The number of imide groups is 1. The number of amides is 3. The predicted octanol–water partition coefficient (Wildman–Crippen LogP) is 3.15. The first-order chi connectivity index (χ1) is 16.1. The minimum absolute atomic E-state index is 0.181. The first kappa shape index (κ1) is 21.3. The SMILES string of the molecule is CCOc1ccc(N2CCCCN3C2=NC2C3C(=O)N(Cc3ccccc3)C(=O)N2C)cc1. The van der Waals surface area contributed by atoms with E-state index in [0.717, 1.165) is 48.9 Å². The minimum Gasteiger partial charge on any atom is -0.494 e. The largest absolute Gasteiger partial charge is 0.494 e. The molecule has 0 bridgehead atoms. The number of aliphatic imine (C=N–C) groups is 1. The van der Waals surface area contributed by atoms with Crippen LogP contribution < -0.4 is 9.64 Å². The van der Waals surface area contributed by atoms with Crippen LogP contribution in [-0.4, -0.2) is 71.5 Å². The lowest BCUT2D eigenvalue weighted by atomic mass is 10.1. The number of nitrogens with zero attached hydrogens (tertiary/aromatic N) is 5. The summed E-state index contributed by atoms with van der Waals surface area (Å²) in [7, 11) is 1.74. The van der Waals surface area contributed by atoms with Crippen LogP contribution in [0.5, 0.6) is 5.75 Å². The van der Waals surface area contributed by atoms with Crippen LogP contribution in [0.15, 0.2) is 59.6 Å². The first-order valence-electron chi connectivity index (χ1n) is 11.6. The van der Waals surface area contributed by atoms with Crippen molar-refractivity contribution in [1.29, 1.82) is 0 Å². The number of carbonyl (C=O) groups excluding carboxylic acids is 2. The summed E-state index contributed by atoms with van der Waals surface area (Å²) in [5, 5.41) is 0. The Morgan fingerprint density at radius 3 is 2.45 bits per heavy atom. The van der Waals surface area contributed by atoms with Crippen LogP contribution in [-0.2, 0) is 11.3 Å². The smallest absolute Gasteiger partial charge is 0.328 e. The third-order valence-corrected chi connectivity index (χ3v) is 6.49. The van der Waals surface area contributed by atoms with Crippen molar-refractivity contribution in [2.24, 2.45) is 4.99 Å². The van der Waals surface area contributed by atoms with Crippen LogP contribution in [0.2, 0.25) is 0 Å². The molecule has 2 fully saturated rings. The second-order valence-electron chi connectivity index (χ2n) is 8.57. The van der Waals surface area contributed by atoms with E-state index in [1.54, 1.807) is 11.9 Å². The van der Waals surface area contributed by atoms with Crippen molar-refractivity contribution in [3.05, 3.63) is 60.2 Å². The van der Waals surface area contributed by atoms with E-state index in [2.05, 4.69) is 9.80 Å². The number of rotatable bonds is 5. The molecule has 3 aliphatic rings. The molecule has 5 rings (SSSR count). The number of benzene rings is 2. The molecule has 172 valence electrons. The van der Waals surface area contributed by atoms with Crippen LogP contribution in [0.4, 0.5) is 10.5 Å². The Labute approximate surface area is 194 Å². The number of likely N-dealkylation sites (N-methyl/N-ethyl adjacent to an activating group) is 1. The first-order valence-corrected chi connectivity index (χ1v) is 11.6. The Balaban J connectivity index is 1.45. The van der Waals surface area contributed by atoms with Gasteiger partial charge in [-0.05, 0) is 49.6 Å². The zero-order chi connectivity index (χ0) is 22.9. The van der Waals surface area contributed by atoms with Crippen molar-refractivity contribution >= 4 is 23.6 Å². The highest BCUT2D eigenvalue weighted by Crippen LogP contribution is 2.33. The maximum atomic E-state index is 13.6. The van der Waals surface area contributed by atoms with Crippen LogP contribution >= 0.6 is 0 Å². The molecule has 0 saturated carbocycles. The molecule has 3 amide bonds. The van der Waals surface area contributed by atoms with Crippen molar-refractivity contribution in [3.8, 4) is 5.75 Å². The Bertz CT molecular complexity index is 1060. The van der Waals surface area contributed by atoms with Gasteiger partial charge >= 0.3 is 6.03 Å². The molecule has 0 aromatic heterocycles. The van der Waals surface area contributed by atoms with E-state index in [9.17, 15) is 9.59 Å². The highest BCUT2D eigenvalue weighted by atomic mass is 16.5. The fraction of sp³-hybridized carbons (Fsp3) is 0.400. The lowest BCUT2D eigenvalue weighted by Gasteiger charge is -2.41. The highest BCUT2D eigenvalue weighted by molar-refractivity contribution is 6.07. The Kier molecular flexibility index (Phi) is 5.66. The summed E-state index contributed by atoms with van der Waals surface area (Å²) in [6.45, 7) is 4.39. The van der Waals surface area contributed by atoms with Gasteiger partial charge in [0.05, 0.1) is 13.2 Å². The van der Waals surface area contributed by atoms with Crippen molar-refractivity contribution in [1.82, 2.24) is 14.7 Å². The normalized spacial score (nSPS) is 22.7. The van der Waals surface area contributed by atoms with Gasteiger partial charge in [0.1, 0.15) is 5.75 Å². The number of hydrogen-bond acceptors (Lipinski definition) is 6. The van der Waals surface area contributed by atoms with Gasteiger partial charge in [0.2, 0.25) is 5.96 Å². The van der Waals surface area contributed by atoms with Gasteiger partial charge in [-0.3, -0.25) is 9.69 Å². The molecule has 3 heterocycles. The molecular weight excluding hydrogens is 418 g/mol. The van der Waals surface area contributed by atoms with Gasteiger partial charge in [0.15, 0.2) is 12.2 Å². The molecule has 0 aliphatic carbocycles. The molecule has 2 aromatic rings. The number of fused-ring (bicyclic) bond motifs is 3. The van der Waals surface area contributed by atoms with Gasteiger partial charge in [-0.15, -0.1) is 0 Å². The van der Waals surface area contributed by atoms with Gasteiger partial charge in [0.25, 0.3) is 5.91 Å². The highest BCUT2D eigenvalue weighted by Gasteiger charge is 2.53. The summed E-state index contributed by atoms with van der Waals surface area (Å²) < 4.78 is 5.58. The molecule has 33 heavy (non-hydrogen) atoms. The fourth-order valence-electron chi connectivity index (χ4n) is 4.83. The van der Waals surface area contributed by atoms with E-state index in [-0.39, 0.29) is 18.5 Å². The van der Waals surface area contributed by atoms with Gasteiger partial charge in [-0.2, -0.15) is 0 Å². The van der Waals surface area contributed by atoms with Crippen molar-refractivity contribution < 1.29 is 14.3 Å². The summed E-state index contributed by atoms with van der Waals surface area (Å²) in [4.78, 5) is 38.9. The molecule has 2 saturated heterocycles. The average molecular weight is 448 g/mol. The molecule has 2 atom stereocenters. The minimum atomic E-state index is -0.518. The lowest BCUT2D eigenvalue weighted by Crippen LogP contribution is -2.65. The van der Waals surface area contributed by atoms with Crippen LogP contribution in [0, 0.1) is 0 Å². The van der Waals surface area contributed by atoms with Crippen molar-refractivity contribution in [2.75, 3.05) is 31.6 Å². The van der Waals surface area contributed by atoms with E-state index in [1.807, 2.05) is 61.5 Å². The maximum absolute atomic E-state index is 13.6. The number of ether oxygens (including phenoxy) is 1. The number of carbonyl (C=O) groups is 2. The molecule has 2 aromatic carbocycles. The quantitative estimate of drug-likeness (QED) is 0.704. The summed E-state index contributed by atoms with van der Waals surface area (Å²) in [6, 6.07) is 16.8. The molecule has 0 radical (unpaired) electrons. The monoisotopic (exact) mass is 447 g/mol. The molecule has 8 heteroatoms. The van der Waals surface area contributed by atoms with E-state index in [0.29, 0.717) is 6.61 Å². The van der Waals surface area contributed by atoms with Gasteiger partial charge < -0.3 is 19.4 Å². The second-order valence-corrected chi connectivity index (χ2v) is 8.57. The molecular formula is C25H29N5O3. The van der Waals surface area contributed by atoms with Crippen LogP contribution in [0.1, 0.15) is 25.3 Å². The molecule has 2 unspecified atom stereocenters. The topological polar surface area (TPSA) is 68.7 Å². The van der Waals surface area contributed by atoms with Crippen LogP contribution in [0.25, 0.3) is 0 Å². The third kappa shape index (κ3) is 3.79. The van der Waals surface area contributed by atoms with Gasteiger partial charge in [-0.25, -0.2) is 9.79 Å². The fourth-order valence-corrected chi connectivity index (χ4v) is 4.83. The van der Waals surface area contributed by atoms with Crippen molar-refractivity contribution in [2.45, 2.75) is 38.5 Å². The number of anilines is 1. The van der Waals surface area contributed by atoms with E-state index in [1.165, 1.54) is 4.90 Å². The molecule has 3 aliphatic heterocycles. The molecule has 0 N–H and O–H groups in total. The summed E-state index contributed by atoms with van der Waals surface area (Å²) in [5.41, 5.74) is 1.93. The Hall–Kier alpha value is -3.55. The van der Waals surface area contributed by atoms with Crippen LogP contribution in [0.3, 0.4) is 0 Å². The standard InChI is InChI=1S/C25H29N5O3/c1-3-33-20-13-11-19(12-14-20)28-15-7-8-16-29-21-22(26-24(28)29)27(2)25(32)30(23(21)31)17-18-9-5-4-6-10-18/h4-6,9-14,21-22H,3,7-8,15-17H2,1-2H3. The van der Waals surface area contributed by atoms with E-state index in [4.69, 9.17) is 9.73 Å². The van der Waals surface area contributed by atoms with E-state index >= 15 is 0 Å². The second kappa shape index (κ2) is 8.77.